The Bertz CT molecular complexity index is 410. The molecular formula is C13H17BrFNO2. The van der Waals surface area contributed by atoms with Crippen LogP contribution in [0.3, 0.4) is 0 Å². The normalized spacial score (nSPS) is 10.7. The van der Waals surface area contributed by atoms with E-state index in [1.165, 1.54) is 6.07 Å². The molecule has 0 saturated carbocycles. The highest BCUT2D eigenvalue weighted by Crippen LogP contribution is 2.18. The highest BCUT2D eigenvalue weighted by Gasteiger charge is 2.12. The van der Waals surface area contributed by atoms with Gasteiger partial charge in [-0.05, 0) is 34.0 Å². The lowest BCUT2D eigenvalue weighted by Gasteiger charge is -2.09. The van der Waals surface area contributed by atoms with Crippen molar-refractivity contribution in [2.75, 3.05) is 19.8 Å². The van der Waals surface area contributed by atoms with Gasteiger partial charge in [-0.2, -0.15) is 0 Å². The van der Waals surface area contributed by atoms with Gasteiger partial charge in [0, 0.05) is 13.2 Å². The number of nitrogens with one attached hydrogen (secondary N) is 1. The molecule has 5 heteroatoms. The predicted molar refractivity (Wildman–Crippen MR) is 72.1 cm³/mol. The SMILES string of the molecule is CC(C)COCCNC(=O)c1cccc(Br)c1F. The molecular weight excluding hydrogens is 301 g/mol. The summed E-state index contributed by atoms with van der Waals surface area (Å²) in [6.07, 6.45) is 0. The summed E-state index contributed by atoms with van der Waals surface area (Å²) in [6, 6.07) is 4.62. The Hall–Kier alpha value is -0.940. The second-order valence-electron chi connectivity index (χ2n) is 4.33. The fraction of sp³-hybridized carbons (Fsp3) is 0.462. The van der Waals surface area contributed by atoms with Gasteiger partial charge in [0.1, 0.15) is 5.82 Å². The highest BCUT2D eigenvalue weighted by atomic mass is 79.9. The highest BCUT2D eigenvalue weighted by molar-refractivity contribution is 9.10. The van der Waals surface area contributed by atoms with Crippen molar-refractivity contribution < 1.29 is 13.9 Å². The number of benzene rings is 1. The van der Waals surface area contributed by atoms with Crippen molar-refractivity contribution in [3.05, 3.63) is 34.1 Å². The molecule has 0 fully saturated rings. The van der Waals surface area contributed by atoms with E-state index in [0.717, 1.165) is 0 Å². The van der Waals surface area contributed by atoms with Gasteiger partial charge in [0.2, 0.25) is 0 Å². The van der Waals surface area contributed by atoms with E-state index in [0.29, 0.717) is 25.7 Å². The number of hydrogen-bond acceptors (Lipinski definition) is 2. The van der Waals surface area contributed by atoms with E-state index in [4.69, 9.17) is 4.74 Å². The summed E-state index contributed by atoms with van der Waals surface area (Å²) in [4.78, 5) is 11.7. The van der Waals surface area contributed by atoms with Crippen LogP contribution in [-0.2, 0) is 4.74 Å². The van der Waals surface area contributed by atoms with Crippen LogP contribution in [0.2, 0.25) is 0 Å². The van der Waals surface area contributed by atoms with Crippen molar-refractivity contribution in [3.8, 4) is 0 Å². The number of halogens is 2. The summed E-state index contributed by atoms with van der Waals surface area (Å²) in [5, 5.41) is 2.62. The molecule has 0 bridgehead atoms. The number of carbonyl (C=O) groups is 1. The molecule has 0 aromatic heterocycles. The standard InChI is InChI=1S/C13H17BrFNO2/c1-9(2)8-18-7-6-16-13(17)10-4-3-5-11(14)12(10)15/h3-5,9H,6-8H2,1-2H3,(H,16,17). The monoisotopic (exact) mass is 317 g/mol. The van der Waals surface area contributed by atoms with Crippen molar-refractivity contribution in [2.45, 2.75) is 13.8 Å². The van der Waals surface area contributed by atoms with E-state index in [9.17, 15) is 9.18 Å². The molecule has 0 aliphatic rings. The minimum atomic E-state index is -0.543. The molecule has 0 aliphatic heterocycles. The fourth-order valence-corrected chi connectivity index (χ4v) is 1.70. The molecule has 1 aromatic carbocycles. The zero-order valence-electron chi connectivity index (χ0n) is 10.5. The van der Waals surface area contributed by atoms with E-state index in [2.05, 4.69) is 35.1 Å². The summed E-state index contributed by atoms with van der Waals surface area (Å²) in [7, 11) is 0. The maximum Gasteiger partial charge on any atom is 0.254 e. The van der Waals surface area contributed by atoms with Gasteiger partial charge in [-0.15, -0.1) is 0 Å². The van der Waals surface area contributed by atoms with Gasteiger partial charge in [-0.25, -0.2) is 4.39 Å². The van der Waals surface area contributed by atoms with Crippen molar-refractivity contribution in [1.82, 2.24) is 5.32 Å². The Morgan fingerprint density at radius 1 is 1.50 bits per heavy atom. The zero-order valence-corrected chi connectivity index (χ0v) is 12.1. The van der Waals surface area contributed by atoms with Crippen molar-refractivity contribution in [3.63, 3.8) is 0 Å². The van der Waals surface area contributed by atoms with Crippen LogP contribution in [0, 0.1) is 11.7 Å². The summed E-state index contributed by atoms with van der Waals surface area (Å²) in [5.74, 6) is -0.511. The molecule has 1 amide bonds. The first-order chi connectivity index (χ1) is 8.52. The number of rotatable bonds is 6. The quantitative estimate of drug-likeness (QED) is 0.819. The largest absolute Gasteiger partial charge is 0.379 e. The summed E-state index contributed by atoms with van der Waals surface area (Å²) in [6.45, 7) is 5.56. The van der Waals surface area contributed by atoms with Gasteiger partial charge in [0.15, 0.2) is 0 Å². The molecule has 1 N–H and O–H groups in total. The van der Waals surface area contributed by atoms with E-state index in [1.54, 1.807) is 12.1 Å². The van der Waals surface area contributed by atoms with Gasteiger partial charge in [-0.3, -0.25) is 4.79 Å². The Morgan fingerprint density at radius 3 is 2.89 bits per heavy atom. The number of carbonyl (C=O) groups excluding carboxylic acids is 1. The van der Waals surface area contributed by atoms with Crippen LogP contribution in [-0.4, -0.2) is 25.7 Å². The molecule has 0 spiro atoms. The molecule has 0 heterocycles. The van der Waals surface area contributed by atoms with E-state index in [1.807, 2.05) is 0 Å². The first-order valence-corrected chi connectivity index (χ1v) is 6.61. The lowest BCUT2D eigenvalue weighted by molar-refractivity contribution is 0.0882. The molecule has 0 saturated heterocycles. The first-order valence-electron chi connectivity index (χ1n) is 5.82. The minimum absolute atomic E-state index is 0.0354. The van der Waals surface area contributed by atoms with Crippen LogP contribution in [0.1, 0.15) is 24.2 Å². The summed E-state index contributed by atoms with van der Waals surface area (Å²) >= 11 is 3.04. The number of ether oxygens (including phenoxy) is 1. The van der Waals surface area contributed by atoms with Crippen LogP contribution in [0.5, 0.6) is 0 Å². The summed E-state index contributed by atoms with van der Waals surface area (Å²) in [5.41, 5.74) is 0.0354. The van der Waals surface area contributed by atoms with Gasteiger partial charge in [-0.1, -0.05) is 19.9 Å². The topological polar surface area (TPSA) is 38.3 Å². The van der Waals surface area contributed by atoms with E-state index < -0.39 is 11.7 Å². The van der Waals surface area contributed by atoms with Crippen LogP contribution in [0.25, 0.3) is 0 Å². The Kier molecular flexibility index (Phi) is 6.29. The molecule has 0 unspecified atom stereocenters. The number of amides is 1. The van der Waals surface area contributed by atoms with E-state index >= 15 is 0 Å². The molecule has 18 heavy (non-hydrogen) atoms. The maximum atomic E-state index is 13.6. The molecule has 0 atom stereocenters. The van der Waals surface area contributed by atoms with Crippen molar-refractivity contribution in [2.24, 2.45) is 5.92 Å². The van der Waals surface area contributed by atoms with Gasteiger partial charge >= 0.3 is 0 Å². The van der Waals surface area contributed by atoms with Crippen LogP contribution >= 0.6 is 15.9 Å². The average molecular weight is 318 g/mol. The molecule has 3 nitrogen and oxygen atoms in total. The third kappa shape index (κ3) is 4.74. The number of hydrogen-bond donors (Lipinski definition) is 1. The van der Waals surface area contributed by atoms with Crippen molar-refractivity contribution in [1.29, 1.82) is 0 Å². The maximum absolute atomic E-state index is 13.6. The van der Waals surface area contributed by atoms with Gasteiger partial charge in [0.25, 0.3) is 5.91 Å². The van der Waals surface area contributed by atoms with Gasteiger partial charge in [0.05, 0.1) is 16.6 Å². The molecule has 0 radical (unpaired) electrons. The lowest BCUT2D eigenvalue weighted by atomic mass is 10.2. The molecule has 100 valence electrons. The average Bonchev–Trinajstić information content (AvgIpc) is 2.31. The van der Waals surface area contributed by atoms with Crippen LogP contribution < -0.4 is 5.32 Å². The lowest BCUT2D eigenvalue weighted by Crippen LogP contribution is -2.28. The predicted octanol–water partition coefficient (Wildman–Crippen LogP) is 2.99. The van der Waals surface area contributed by atoms with E-state index in [-0.39, 0.29) is 10.0 Å². The molecule has 1 rings (SSSR count). The third-order valence-electron chi connectivity index (χ3n) is 2.18. The Balaban J connectivity index is 2.39. The Labute approximate surface area is 115 Å². The van der Waals surface area contributed by atoms with Gasteiger partial charge < -0.3 is 10.1 Å². The smallest absolute Gasteiger partial charge is 0.254 e. The van der Waals surface area contributed by atoms with Crippen molar-refractivity contribution >= 4 is 21.8 Å². The van der Waals surface area contributed by atoms with Crippen LogP contribution in [0.15, 0.2) is 22.7 Å². The minimum Gasteiger partial charge on any atom is -0.379 e. The first kappa shape index (κ1) is 15.1. The second-order valence-corrected chi connectivity index (χ2v) is 5.18. The Morgan fingerprint density at radius 2 is 2.22 bits per heavy atom. The molecule has 1 aromatic rings. The zero-order chi connectivity index (χ0) is 13.5. The second kappa shape index (κ2) is 7.48. The molecule has 0 aliphatic carbocycles. The summed E-state index contributed by atoms with van der Waals surface area (Å²) < 4.78 is 19.2. The fourth-order valence-electron chi connectivity index (χ4n) is 1.33. The van der Waals surface area contributed by atoms with Crippen LogP contribution in [0.4, 0.5) is 4.39 Å². The third-order valence-corrected chi connectivity index (χ3v) is 2.79.